The molecule has 3 heteroatoms. The van der Waals surface area contributed by atoms with Crippen LogP contribution in [0, 0.1) is 11.3 Å². The van der Waals surface area contributed by atoms with Crippen LogP contribution in [0.3, 0.4) is 0 Å². The van der Waals surface area contributed by atoms with Gasteiger partial charge in [0.05, 0.1) is 6.61 Å². The van der Waals surface area contributed by atoms with E-state index in [1.165, 1.54) is 44.9 Å². The van der Waals surface area contributed by atoms with Crippen molar-refractivity contribution < 1.29 is 4.74 Å². The van der Waals surface area contributed by atoms with Crippen molar-refractivity contribution in [3.63, 3.8) is 0 Å². The van der Waals surface area contributed by atoms with E-state index in [-0.39, 0.29) is 0 Å². The van der Waals surface area contributed by atoms with E-state index in [0.29, 0.717) is 17.4 Å². The Bertz CT molecular complexity index is 231. The van der Waals surface area contributed by atoms with Crippen molar-refractivity contribution >= 4 is 0 Å². The second kappa shape index (κ2) is 6.88. The monoisotopic (exact) mass is 254 g/mol. The molecular weight excluding hydrogens is 224 g/mol. The largest absolute Gasteiger partial charge is 0.381 e. The van der Waals surface area contributed by atoms with Crippen LogP contribution in [0.25, 0.3) is 0 Å². The molecule has 1 aliphatic heterocycles. The summed E-state index contributed by atoms with van der Waals surface area (Å²) in [4.78, 5) is 0. The average Bonchev–Trinajstić information content (AvgIpc) is 2.83. The van der Waals surface area contributed by atoms with E-state index >= 15 is 0 Å². The molecule has 2 unspecified atom stereocenters. The molecule has 3 nitrogen and oxygen atoms in total. The molecular formula is C15H30N2O. The summed E-state index contributed by atoms with van der Waals surface area (Å²) in [5.41, 5.74) is 6.45. The second-order valence-electron chi connectivity index (χ2n) is 6.41. The van der Waals surface area contributed by atoms with Gasteiger partial charge in [-0.25, -0.2) is 0 Å². The average molecular weight is 254 g/mol. The van der Waals surface area contributed by atoms with E-state index < -0.39 is 0 Å². The van der Waals surface area contributed by atoms with Gasteiger partial charge in [-0.15, -0.1) is 0 Å². The fourth-order valence-electron chi connectivity index (χ4n) is 3.42. The van der Waals surface area contributed by atoms with Gasteiger partial charge in [0.2, 0.25) is 0 Å². The number of hydrogen-bond donors (Lipinski definition) is 2. The maximum Gasteiger partial charge on any atom is 0.0509 e. The Morgan fingerprint density at radius 2 is 2.00 bits per heavy atom. The lowest BCUT2D eigenvalue weighted by atomic mass is 9.80. The maximum absolute atomic E-state index is 6.08. The summed E-state index contributed by atoms with van der Waals surface area (Å²) in [5, 5.41) is 3.75. The van der Waals surface area contributed by atoms with Crippen LogP contribution in [-0.4, -0.2) is 32.3 Å². The molecule has 1 heterocycles. The Morgan fingerprint density at radius 1 is 1.28 bits per heavy atom. The van der Waals surface area contributed by atoms with Crippen LogP contribution in [0.5, 0.6) is 0 Å². The van der Waals surface area contributed by atoms with Gasteiger partial charge < -0.3 is 15.8 Å². The number of nitrogens with two attached hydrogens (primary N) is 1. The van der Waals surface area contributed by atoms with Crippen molar-refractivity contribution in [2.24, 2.45) is 17.1 Å². The summed E-state index contributed by atoms with van der Waals surface area (Å²) in [6.45, 7) is 6.12. The predicted molar refractivity (Wildman–Crippen MR) is 75.6 cm³/mol. The van der Waals surface area contributed by atoms with E-state index in [1.807, 2.05) is 0 Å². The molecule has 2 aliphatic rings. The first kappa shape index (κ1) is 14.3. The first-order valence-corrected chi connectivity index (χ1v) is 7.77. The van der Waals surface area contributed by atoms with Gasteiger partial charge in [-0.05, 0) is 44.1 Å². The predicted octanol–water partition coefficient (Wildman–Crippen LogP) is 2.30. The molecule has 1 aliphatic carbocycles. The fraction of sp³-hybridized carbons (Fsp3) is 1.00. The molecule has 0 spiro atoms. The Hall–Kier alpha value is -0.120. The molecule has 0 aromatic heterocycles. The zero-order chi connectivity index (χ0) is 12.8. The SMILES string of the molecule is CC(NCC1(CN)CCCCCC1)C1CCOC1. The Labute approximate surface area is 112 Å². The molecule has 0 aromatic rings. The van der Waals surface area contributed by atoms with E-state index in [1.54, 1.807) is 0 Å². The fourth-order valence-corrected chi connectivity index (χ4v) is 3.42. The van der Waals surface area contributed by atoms with Crippen LogP contribution in [0.15, 0.2) is 0 Å². The third-order valence-electron chi connectivity index (χ3n) is 5.07. The lowest BCUT2D eigenvalue weighted by Crippen LogP contribution is -2.45. The minimum atomic E-state index is 0.365. The molecule has 106 valence electrons. The second-order valence-corrected chi connectivity index (χ2v) is 6.41. The molecule has 0 bridgehead atoms. The highest BCUT2D eigenvalue weighted by molar-refractivity contribution is 4.87. The quantitative estimate of drug-likeness (QED) is 0.740. The van der Waals surface area contributed by atoms with Gasteiger partial charge in [0.25, 0.3) is 0 Å². The van der Waals surface area contributed by atoms with Crippen molar-refractivity contribution in [2.45, 2.75) is 57.9 Å². The highest BCUT2D eigenvalue weighted by Crippen LogP contribution is 2.33. The van der Waals surface area contributed by atoms with Gasteiger partial charge in [0.1, 0.15) is 0 Å². The Morgan fingerprint density at radius 3 is 2.56 bits per heavy atom. The summed E-state index contributed by atoms with van der Waals surface area (Å²) in [6.07, 6.45) is 9.35. The van der Waals surface area contributed by atoms with Crippen LogP contribution in [0.1, 0.15) is 51.9 Å². The Balaban J connectivity index is 1.81. The normalized spacial score (nSPS) is 30.0. The number of ether oxygens (including phenoxy) is 1. The van der Waals surface area contributed by atoms with Crippen molar-refractivity contribution in [2.75, 3.05) is 26.3 Å². The smallest absolute Gasteiger partial charge is 0.0509 e. The van der Waals surface area contributed by atoms with Gasteiger partial charge in [-0.1, -0.05) is 25.7 Å². The molecule has 18 heavy (non-hydrogen) atoms. The van der Waals surface area contributed by atoms with Crippen LogP contribution < -0.4 is 11.1 Å². The number of rotatable bonds is 5. The standard InChI is InChI=1S/C15H30N2O/c1-13(14-6-9-18-10-14)17-12-15(11-16)7-4-2-3-5-8-15/h13-14,17H,2-12,16H2,1H3. The first-order valence-electron chi connectivity index (χ1n) is 7.77. The minimum Gasteiger partial charge on any atom is -0.381 e. The van der Waals surface area contributed by atoms with E-state index in [9.17, 15) is 0 Å². The van der Waals surface area contributed by atoms with Crippen molar-refractivity contribution in [3.8, 4) is 0 Å². The highest BCUT2D eigenvalue weighted by Gasteiger charge is 2.31. The van der Waals surface area contributed by atoms with Gasteiger partial charge in [0.15, 0.2) is 0 Å². The lowest BCUT2D eigenvalue weighted by Gasteiger charge is -2.34. The summed E-state index contributed by atoms with van der Waals surface area (Å²) in [6, 6.07) is 0.569. The van der Waals surface area contributed by atoms with E-state index in [0.717, 1.165) is 26.3 Å². The van der Waals surface area contributed by atoms with Crippen LogP contribution in [0.2, 0.25) is 0 Å². The minimum absolute atomic E-state index is 0.365. The van der Waals surface area contributed by atoms with E-state index in [2.05, 4.69) is 12.2 Å². The van der Waals surface area contributed by atoms with Crippen molar-refractivity contribution in [3.05, 3.63) is 0 Å². The van der Waals surface area contributed by atoms with Gasteiger partial charge >= 0.3 is 0 Å². The molecule has 0 amide bonds. The summed E-state index contributed by atoms with van der Waals surface area (Å²) >= 11 is 0. The van der Waals surface area contributed by atoms with Gasteiger partial charge in [-0.2, -0.15) is 0 Å². The molecule has 0 radical (unpaired) electrons. The van der Waals surface area contributed by atoms with Crippen molar-refractivity contribution in [1.82, 2.24) is 5.32 Å². The van der Waals surface area contributed by atoms with Gasteiger partial charge in [-0.3, -0.25) is 0 Å². The van der Waals surface area contributed by atoms with Crippen LogP contribution in [0.4, 0.5) is 0 Å². The molecule has 2 atom stereocenters. The first-order chi connectivity index (χ1) is 8.76. The summed E-state index contributed by atoms with van der Waals surface area (Å²) in [7, 11) is 0. The van der Waals surface area contributed by atoms with Gasteiger partial charge in [0, 0.05) is 19.2 Å². The molecule has 3 N–H and O–H groups in total. The van der Waals surface area contributed by atoms with Crippen LogP contribution in [-0.2, 0) is 4.74 Å². The zero-order valence-electron chi connectivity index (χ0n) is 11.9. The van der Waals surface area contributed by atoms with Crippen LogP contribution >= 0.6 is 0 Å². The van der Waals surface area contributed by atoms with Crippen molar-refractivity contribution in [1.29, 1.82) is 0 Å². The lowest BCUT2D eigenvalue weighted by molar-refractivity contribution is 0.171. The topological polar surface area (TPSA) is 47.3 Å². The summed E-state index contributed by atoms with van der Waals surface area (Å²) in [5.74, 6) is 0.700. The van der Waals surface area contributed by atoms with E-state index in [4.69, 9.17) is 10.5 Å². The molecule has 2 rings (SSSR count). The third-order valence-corrected chi connectivity index (χ3v) is 5.07. The number of hydrogen-bond acceptors (Lipinski definition) is 3. The molecule has 2 fully saturated rings. The summed E-state index contributed by atoms with van der Waals surface area (Å²) < 4.78 is 5.48. The molecule has 1 saturated heterocycles. The molecule has 1 saturated carbocycles. The zero-order valence-corrected chi connectivity index (χ0v) is 11.9. The Kier molecular flexibility index (Phi) is 5.46. The molecule has 0 aromatic carbocycles. The number of nitrogens with one attached hydrogen (secondary N) is 1. The third kappa shape index (κ3) is 3.69. The highest BCUT2D eigenvalue weighted by atomic mass is 16.5. The maximum atomic E-state index is 6.08.